The van der Waals surface area contributed by atoms with Crippen LogP contribution >= 0.6 is 0 Å². The maximum absolute atomic E-state index is 5.51. The van der Waals surface area contributed by atoms with E-state index in [2.05, 4.69) is 16.9 Å². The molecule has 0 unspecified atom stereocenters. The van der Waals surface area contributed by atoms with Crippen molar-refractivity contribution in [2.45, 2.75) is 0 Å². The highest BCUT2D eigenvalue weighted by atomic mass is 16.5. The van der Waals surface area contributed by atoms with Crippen LogP contribution in [0.2, 0.25) is 0 Å². The summed E-state index contributed by atoms with van der Waals surface area (Å²) in [5, 5.41) is 2.90. The zero-order valence-electron chi connectivity index (χ0n) is 8.68. The van der Waals surface area contributed by atoms with Crippen LogP contribution in [-0.2, 0) is 0 Å². The minimum absolute atomic E-state index is 0.563. The SMILES string of the molecule is C=C/C=C\C(=C/NC)Oc1ccccn1. The van der Waals surface area contributed by atoms with Gasteiger partial charge in [-0.2, -0.15) is 0 Å². The molecule has 1 aromatic rings. The van der Waals surface area contributed by atoms with Crippen LogP contribution in [0, 0.1) is 0 Å². The van der Waals surface area contributed by atoms with E-state index in [0.29, 0.717) is 11.6 Å². The van der Waals surface area contributed by atoms with E-state index in [0.717, 1.165) is 0 Å². The van der Waals surface area contributed by atoms with E-state index in [-0.39, 0.29) is 0 Å². The Labute approximate surface area is 89.8 Å². The molecule has 0 amide bonds. The van der Waals surface area contributed by atoms with Gasteiger partial charge in [-0.3, -0.25) is 0 Å². The molecule has 1 aromatic heterocycles. The first-order chi connectivity index (χ1) is 7.36. The number of ether oxygens (including phenoxy) is 1. The molecular weight excluding hydrogens is 188 g/mol. The van der Waals surface area contributed by atoms with Crippen LogP contribution in [0.5, 0.6) is 5.88 Å². The molecule has 3 heteroatoms. The molecule has 0 saturated carbocycles. The van der Waals surface area contributed by atoms with Crippen molar-refractivity contribution in [3.05, 3.63) is 61.2 Å². The zero-order valence-corrected chi connectivity index (χ0v) is 8.68. The second-order valence-electron chi connectivity index (χ2n) is 2.70. The van der Waals surface area contributed by atoms with Gasteiger partial charge in [0.1, 0.15) is 5.76 Å². The van der Waals surface area contributed by atoms with E-state index in [1.807, 2.05) is 19.2 Å². The van der Waals surface area contributed by atoms with Gasteiger partial charge in [-0.1, -0.05) is 24.8 Å². The molecule has 0 aliphatic rings. The van der Waals surface area contributed by atoms with E-state index in [4.69, 9.17) is 4.74 Å². The Hall–Kier alpha value is -2.03. The van der Waals surface area contributed by atoms with Crippen LogP contribution in [0.3, 0.4) is 0 Å². The molecule has 0 saturated heterocycles. The zero-order chi connectivity index (χ0) is 10.9. The summed E-state index contributed by atoms with van der Waals surface area (Å²) in [4.78, 5) is 4.06. The first kappa shape index (κ1) is 11.0. The maximum Gasteiger partial charge on any atom is 0.219 e. The Morgan fingerprint density at radius 2 is 2.40 bits per heavy atom. The smallest absolute Gasteiger partial charge is 0.219 e. The van der Waals surface area contributed by atoms with E-state index in [1.165, 1.54) is 0 Å². The van der Waals surface area contributed by atoms with Crippen LogP contribution in [0.4, 0.5) is 0 Å². The molecule has 1 heterocycles. The number of nitrogens with one attached hydrogen (secondary N) is 1. The fourth-order valence-electron chi connectivity index (χ4n) is 0.945. The van der Waals surface area contributed by atoms with Crippen molar-refractivity contribution in [2.75, 3.05) is 7.05 Å². The first-order valence-corrected chi connectivity index (χ1v) is 4.62. The molecule has 0 aromatic carbocycles. The molecule has 0 radical (unpaired) electrons. The number of nitrogens with zero attached hydrogens (tertiary/aromatic N) is 1. The van der Waals surface area contributed by atoms with Crippen molar-refractivity contribution in [3.8, 4) is 5.88 Å². The minimum atomic E-state index is 0.563. The highest BCUT2D eigenvalue weighted by Crippen LogP contribution is 2.09. The van der Waals surface area contributed by atoms with Gasteiger partial charge in [-0.15, -0.1) is 0 Å². The fourth-order valence-corrected chi connectivity index (χ4v) is 0.945. The molecule has 0 aliphatic carbocycles. The summed E-state index contributed by atoms with van der Waals surface area (Å²) in [6, 6.07) is 5.51. The lowest BCUT2D eigenvalue weighted by atomic mass is 10.4. The van der Waals surface area contributed by atoms with Crippen molar-refractivity contribution in [1.29, 1.82) is 0 Å². The van der Waals surface area contributed by atoms with Crippen molar-refractivity contribution in [1.82, 2.24) is 10.3 Å². The molecule has 0 bridgehead atoms. The minimum Gasteiger partial charge on any atom is -0.438 e. The molecule has 15 heavy (non-hydrogen) atoms. The molecule has 0 fully saturated rings. The van der Waals surface area contributed by atoms with Crippen LogP contribution in [0.25, 0.3) is 0 Å². The summed E-state index contributed by atoms with van der Waals surface area (Å²) in [5.41, 5.74) is 0. The predicted octanol–water partition coefficient (Wildman–Crippen LogP) is 2.26. The van der Waals surface area contributed by atoms with E-state index < -0.39 is 0 Å². The van der Waals surface area contributed by atoms with E-state index in [9.17, 15) is 0 Å². The van der Waals surface area contributed by atoms with Crippen molar-refractivity contribution < 1.29 is 4.74 Å². The Balaban J connectivity index is 2.71. The monoisotopic (exact) mass is 202 g/mol. The van der Waals surface area contributed by atoms with Crippen LogP contribution in [0.1, 0.15) is 0 Å². The van der Waals surface area contributed by atoms with Gasteiger partial charge in [0, 0.05) is 25.5 Å². The van der Waals surface area contributed by atoms with Gasteiger partial charge >= 0.3 is 0 Å². The third-order valence-corrected chi connectivity index (χ3v) is 1.54. The van der Waals surface area contributed by atoms with Gasteiger partial charge < -0.3 is 10.1 Å². The van der Waals surface area contributed by atoms with Gasteiger partial charge in [0.15, 0.2) is 0 Å². The standard InChI is InChI=1S/C12H14N2O/c1-3-4-7-11(10-13-2)15-12-8-5-6-9-14-12/h3-10,13H,1H2,2H3/b7-4-,11-10+. The van der Waals surface area contributed by atoms with Gasteiger partial charge in [-0.25, -0.2) is 4.98 Å². The molecule has 3 nitrogen and oxygen atoms in total. The lowest BCUT2D eigenvalue weighted by Crippen LogP contribution is -2.01. The second kappa shape index (κ2) is 6.43. The molecular formula is C12H14N2O. The molecule has 1 N–H and O–H groups in total. The van der Waals surface area contributed by atoms with Crippen LogP contribution in [0.15, 0.2) is 61.2 Å². The summed E-state index contributed by atoms with van der Waals surface area (Å²) in [6.45, 7) is 3.59. The van der Waals surface area contributed by atoms with Gasteiger partial charge in [0.05, 0.1) is 0 Å². The quantitative estimate of drug-likeness (QED) is 0.587. The Morgan fingerprint density at radius 3 is 3.00 bits per heavy atom. The van der Waals surface area contributed by atoms with Crippen molar-refractivity contribution >= 4 is 0 Å². The fraction of sp³-hybridized carbons (Fsp3) is 0.0833. The lowest BCUT2D eigenvalue weighted by molar-refractivity contribution is 0.423. The van der Waals surface area contributed by atoms with Gasteiger partial charge in [0.2, 0.25) is 5.88 Å². The number of pyridine rings is 1. The predicted molar refractivity (Wildman–Crippen MR) is 61.3 cm³/mol. The van der Waals surface area contributed by atoms with Crippen LogP contribution < -0.4 is 10.1 Å². The maximum atomic E-state index is 5.51. The Bertz CT molecular complexity index is 355. The molecule has 78 valence electrons. The molecule has 0 spiro atoms. The molecule has 0 aliphatic heterocycles. The number of rotatable bonds is 5. The van der Waals surface area contributed by atoms with E-state index >= 15 is 0 Å². The average Bonchev–Trinajstić information content (AvgIpc) is 2.28. The summed E-state index contributed by atoms with van der Waals surface area (Å²) in [6.07, 6.45) is 8.72. The second-order valence-corrected chi connectivity index (χ2v) is 2.70. The van der Waals surface area contributed by atoms with Crippen molar-refractivity contribution in [2.24, 2.45) is 0 Å². The van der Waals surface area contributed by atoms with E-state index in [1.54, 1.807) is 36.7 Å². The normalized spacial score (nSPS) is 11.4. The van der Waals surface area contributed by atoms with Crippen molar-refractivity contribution in [3.63, 3.8) is 0 Å². The van der Waals surface area contributed by atoms with Gasteiger partial charge in [0.25, 0.3) is 0 Å². The number of hydrogen-bond donors (Lipinski definition) is 1. The lowest BCUT2D eigenvalue weighted by Gasteiger charge is -2.04. The Morgan fingerprint density at radius 1 is 1.53 bits per heavy atom. The van der Waals surface area contributed by atoms with Gasteiger partial charge in [-0.05, 0) is 12.1 Å². The highest BCUT2D eigenvalue weighted by Gasteiger charge is 1.96. The summed E-state index contributed by atoms with van der Waals surface area (Å²) < 4.78 is 5.51. The first-order valence-electron chi connectivity index (χ1n) is 4.62. The summed E-state index contributed by atoms with van der Waals surface area (Å²) >= 11 is 0. The number of aromatic nitrogens is 1. The molecule has 1 rings (SSSR count). The number of allylic oxidation sites excluding steroid dienone is 3. The average molecular weight is 202 g/mol. The third kappa shape index (κ3) is 4.13. The summed E-state index contributed by atoms with van der Waals surface area (Å²) in [7, 11) is 1.81. The third-order valence-electron chi connectivity index (χ3n) is 1.54. The molecule has 0 atom stereocenters. The topological polar surface area (TPSA) is 34.1 Å². The summed E-state index contributed by atoms with van der Waals surface area (Å²) in [5.74, 6) is 1.24. The van der Waals surface area contributed by atoms with Crippen LogP contribution in [-0.4, -0.2) is 12.0 Å². The number of hydrogen-bond acceptors (Lipinski definition) is 3. The Kier molecular flexibility index (Phi) is 4.73. The highest BCUT2D eigenvalue weighted by molar-refractivity contribution is 5.21. The largest absolute Gasteiger partial charge is 0.438 e.